The molecule has 0 bridgehead atoms. The van der Waals surface area contributed by atoms with Crippen LogP contribution in [0.15, 0.2) is 24.3 Å². The van der Waals surface area contributed by atoms with Crippen LogP contribution in [0.4, 0.5) is 0 Å². The van der Waals surface area contributed by atoms with E-state index in [4.69, 9.17) is 0 Å². The first-order valence-corrected chi connectivity index (χ1v) is 9.12. The Hall–Kier alpha value is -0.900. The zero-order valence-corrected chi connectivity index (χ0v) is 15.3. The standard InChI is InChI=1S/C20H34N2O/c1-16(2)20-7-5-18(6-8-20)14-21(4)15-19-9-11-22(12-10-19)13-17(3)23/h5-8,16-17,19,23H,9-15H2,1-4H3. The maximum atomic E-state index is 9.48. The van der Waals surface area contributed by atoms with Crippen LogP contribution >= 0.6 is 0 Å². The van der Waals surface area contributed by atoms with Gasteiger partial charge in [-0.25, -0.2) is 0 Å². The largest absolute Gasteiger partial charge is 0.392 e. The van der Waals surface area contributed by atoms with E-state index in [1.807, 2.05) is 6.92 Å². The minimum absolute atomic E-state index is 0.206. The monoisotopic (exact) mass is 318 g/mol. The van der Waals surface area contributed by atoms with Crippen molar-refractivity contribution in [3.05, 3.63) is 35.4 Å². The van der Waals surface area contributed by atoms with E-state index >= 15 is 0 Å². The quantitative estimate of drug-likeness (QED) is 0.835. The highest BCUT2D eigenvalue weighted by atomic mass is 16.3. The van der Waals surface area contributed by atoms with Gasteiger partial charge in [0.25, 0.3) is 0 Å². The lowest BCUT2D eigenvalue weighted by molar-refractivity contribution is 0.0919. The lowest BCUT2D eigenvalue weighted by Crippen LogP contribution is -2.40. The summed E-state index contributed by atoms with van der Waals surface area (Å²) in [4.78, 5) is 4.85. The molecule has 1 aromatic rings. The number of piperidine rings is 1. The Morgan fingerprint density at radius 1 is 1.13 bits per heavy atom. The lowest BCUT2D eigenvalue weighted by atomic mass is 9.96. The molecule has 1 aromatic carbocycles. The summed E-state index contributed by atoms with van der Waals surface area (Å²) in [5.74, 6) is 1.40. The third kappa shape index (κ3) is 6.25. The van der Waals surface area contributed by atoms with Crippen LogP contribution in [0.2, 0.25) is 0 Å². The fraction of sp³-hybridized carbons (Fsp3) is 0.700. The van der Waals surface area contributed by atoms with Gasteiger partial charge in [0.1, 0.15) is 0 Å². The minimum Gasteiger partial charge on any atom is -0.392 e. The number of β-amino-alcohol motifs (C(OH)–C–C–N with tert-alkyl or cyclic N) is 1. The second-order valence-electron chi connectivity index (χ2n) is 7.69. The van der Waals surface area contributed by atoms with Crippen LogP contribution in [-0.2, 0) is 6.54 Å². The molecule has 1 aliphatic heterocycles. The first kappa shape index (κ1) is 18.4. The van der Waals surface area contributed by atoms with Crippen LogP contribution < -0.4 is 0 Å². The summed E-state index contributed by atoms with van der Waals surface area (Å²) in [5.41, 5.74) is 2.82. The summed E-state index contributed by atoms with van der Waals surface area (Å²) in [7, 11) is 2.23. The van der Waals surface area contributed by atoms with Crippen molar-refractivity contribution in [3.63, 3.8) is 0 Å². The molecule has 1 saturated heterocycles. The Balaban J connectivity index is 1.74. The van der Waals surface area contributed by atoms with Gasteiger partial charge < -0.3 is 14.9 Å². The molecule has 1 unspecified atom stereocenters. The number of hydrogen-bond acceptors (Lipinski definition) is 3. The van der Waals surface area contributed by atoms with Crippen molar-refractivity contribution in [2.75, 3.05) is 33.2 Å². The minimum atomic E-state index is -0.206. The molecule has 3 heteroatoms. The van der Waals surface area contributed by atoms with E-state index in [0.717, 1.165) is 32.1 Å². The molecule has 1 heterocycles. The Kier molecular flexibility index (Phi) is 7.07. The van der Waals surface area contributed by atoms with Gasteiger partial charge in [-0.2, -0.15) is 0 Å². The molecule has 3 nitrogen and oxygen atoms in total. The van der Waals surface area contributed by atoms with Gasteiger partial charge in [-0.1, -0.05) is 38.1 Å². The molecule has 23 heavy (non-hydrogen) atoms. The molecule has 0 radical (unpaired) electrons. The molecule has 1 fully saturated rings. The topological polar surface area (TPSA) is 26.7 Å². The van der Waals surface area contributed by atoms with E-state index in [9.17, 15) is 5.11 Å². The third-order valence-electron chi connectivity index (χ3n) is 4.90. The van der Waals surface area contributed by atoms with Crippen molar-refractivity contribution < 1.29 is 5.11 Å². The highest BCUT2D eigenvalue weighted by Crippen LogP contribution is 2.20. The average molecular weight is 319 g/mol. The van der Waals surface area contributed by atoms with Crippen molar-refractivity contribution in [3.8, 4) is 0 Å². The molecule has 130 valence electrons. The van der Waals surface area contributed by atoms with Crippen molar-refractivity contribution in [2.24, 2.45) is 5.92 Å². The van der Waals surface area contributed by atoms with E-state index < -0.39 is 0 Å². The summed E-state index contributed by atoms with van der Waals surface area (Å²) in [5, 5.41) is 9.48. The van der Waals surface area contributed by atoms with Crippen LogP contribution in [0.5, 0.6) is 0 Å². The summed E-state index contributed by atoms with van der Waals surface area (Å²) in [6.07, 6.45) is 2.30. The molecule has 0 saturated carbocycles. The number of benzene rings is 1. The molecule has 1 N–H and O–H groups in total. The van der Waals surface area contributed by atoms with Crippen LogP contribution in [0.25, 0.3) is 0 Å². The first-order valence-electron chi connectivity index (χ1n) is 9.12. The molecule has 0 spiro atoms. The summed E-state index contributed by atoms with van der Waals surface area (Å²) < 4.78 is 0. The molecular formula is C20H34N2O. The van der Waals surface area contributed by atoms with E-state index in [1.54, 1.807) is 0 Å². The average Bonchev–Trinajstić information content (AvgIpc) is 2.49. The van der Waals surface area contributed by atoms with Gasteiger partial charge in [-0.05, 0) is 62.9 Å². The molecular weight excluding hydrogens is 284 g/mol. The van der Waals surface area contributed by atoms with Crippen LogP contribution in [-0.4, -0.2) is 54.2 Å². The Bertz CT molecular complexity index is 447. The molecule has 1 aliphatic rings. The van der Waals surface area contributed by atoms with Gasteiger partial charge in [0.2, 0.25) is 0 Å². The lowest BCUT2D eigenvalue weighted by Gasteiger charge is -2.34. The van der Waals surface area contributed by atoms with Crippen LogP contribution in [0, 0.1) is 5.92 Å². The second kappa shape index (κ2) is 8.81. The molecule has 2 rings (SSSR count). The maximum absolute atomic E-state index is 9.48. The van der Waals surface area contributed by atoms with Crippen LogP contribution in [0.1, 0.15) is 50.7 Å². The molecule has 0 aliphatic carbocycles. The van der Waals surface area contributed by atoms with E-state index in [-0.39, 0.29) is 6.10 Å². The number of likely N-dealkylation sites (tertiary alicyclic amines) is 1. The zero-order chi connectivity index (χ0) is 16.8. The van der Waals surface area contributed by atoms with Gasteiger partial charge in [0.05, 0.1) is 6.10 Å². The Labute approximate surface area is 142 Å². The summed E-state index contributed by atoms with van der Waals surface area (Å²) in [6, 6.07) is 9.08. The normalized spacial score (nSPS) is 18.7. The smallest absolute Gasteiger partial charge is 0.0639 e. The number of nitrogens with zero attached hydrogens (tertiary/aromatic N) is 2. The number of aliphatic hydroxyl groups is 1. The predicted octanol–water partition coefficient (Wildman–Crippen LogP) is 3.33. The van der Waals surface area contributed by atoms with E-state index in [2.05, 4.69) is 55.0 Å². The Morgan fingerprint density at radius 2 is 1.74 bits per heavy atom. The number of rotatable bonds is 7. The van der Waals surface area contributed by atoms with Crippen LogP contribution in [0.3, 0.4) is 0 Å². The first-order chi connectivity index (χ1) is 10.9. The summed E-state index contributed by atoms with van der Waals surface area (Å²) in [6.45, 7) is 11.7. The highest BCUT2D eigenvalue weighted by Gasteiger charge is 2.21. The molecule has 0 aromatic heterocycles. The maximum Gasteiger partial charge on any atom is 0.0639 e. The summed E-state index contributed by atoms with van der Waals surface area (Å²) >= 11 is 0. The van der Waals surface area contributed by atoms with Crippen molar-refractivity contribution in [1.82, 2.24) is 9.80 Å². The number of hydrogen-bond donors (Lipinski definition) is 1. The predicted molar refractivity (Wildman–Crippen MR) is 97.7 cm³/mol. The van der Waals surface area contributed by atoms with Gasteiger partial charge in [-0.15, -0.1) is 0 Å². The molecule has 1 atom stereocenters. The SMILES string of the molecule is CC(O)CN1CCC(CN(C)Cc2ccc(C(C)C)cc2)CC1. The van der Waals surface area contributed by atoms with Gasteiger partial charge in [0, 0.05) is 19.6 Å². The second-order valence-corrected chi connectivity index (χ2v) is 7.69. The van der Waals surface area contributed by atoms with E-state index in [1.165, 1.54) is 30.5 Å². The highest BCUT2D eigenvalue weighted by molar-refractivity contribution is 5.24. The van der Waals surface area contributed by atoms with Gasteiger partial charge >= 0.3 is 0 Å². The fourth-order valence-corrected chi connectivity index (χ4v) is 3.55. The number of aliphatic hydroxyl groups excluding tert-OH is 1. The van der Waals surface area contributed by atoms with Crippen molar-refractivity contribution in [1.29, 1.82) is 0 Å². The Morgan fingerprint density at radius 3 is 2.26 bits per heavy atom. The molecule has 0 amide bonds. The third-order valence-corrected chi connectivity index (χ3v) is 4.90. The van der Waals surface area contributed by atoms with Gasteiger partial charge in [-0.3, -0.25) is 0 Å². The van der Waals surface area contributed by atoms with Crippen molar-refractivity contribution in [2.45, 2.75) is 52.2 Å². The van der Waals surface area contributed by atoms with Gasteiger partial charge in [0.15, 0.2) is 0 Å². The zero-order valence-electron chi connectivity index (χ0n) is 15.3. The van der Waals surface area contributed by atoms with E-state index in [0.29, 0.717) is 5.92 Å². The van der Waals surface area contributed by atoms with Crippen molar-refractivity contribution >= 4 is 0 Å². The fourth-order valence-electron chi connectivity index (χ4n) is 3.55.